The molecule has 10 nitrogen and oxygen atoms in total. The number of amides is 3. The molecule has 3 heterocycles. The fourth-order valence-electron chi connectivity index (χ4n) is 4.22. The first-order valence-corrected chi connectivity index (χ1v) is 11.6. The van der Waals surface area contributed by atoms with Gasteiger partial charge in [0.25, 0.3) is 5.91 Å². The van der Waals surface area contributed by atoms with Crippen LogP contribution in [0.5, 0.6) is 0 Å². The van der Waals surface area contributed by atoms with Gasteiger partial charge >= 0.3 is 5.97 Å². The Labute approximate surface area is 203 Å². The predicted octanol–water partition coefficient (Wildman–Crippen LogP) is 1.17. The van der Waals surface area contributed by atoms with E-state index >= 15 is 0 Å². The standard InChI is InChI=1S/C25H28N4O6/c1-16(27-22(31)18-10-5-6-12-26-18)24(33)29-13-7-11-20(29)23(32)28-19-14-21(30)35-25(19)34-15-17-8-3-2-4-9-17/h2-6,8-10,12,16,19-20,25H,7,11,13-15H2,1H3,(H,27,31)(H,28,32)/t16-,19-,20-,25?/m0/s1. The average molecular weight is 481 g/mol. The Hall–Kier alpha value is -3.79. The lowest BCUT2D eigenvalue weighted by atomic mass is 10.1. The maximum Gasteiger partial charge on any atom is 0.310 e. The summed E-state index contributed by atoms with van der Waals surface area (Å²) in [5.74, 6) is -1.66. The molecular formula is C25H28N4O6. The largest absolute Gasteiger partial charge is 0.433 e. The topological polar surface area (TPSA) is 127 Å². The molecule has 2 aliphatic rings. The van der Waals surface area contributed by atoms with Crippen molar-refractivity contribution in [1.82, 2.24) is 20.5 Å². The first-order valence-electron chi connectivity index (χ1n) is 11.6. The van der Waals surface area contributed by atoms with Crippen LogP contribution in [-0.4, -0.2) is 64.5 Å². The Balaban J connectivity index is 1.34. The zero-order valence-corrected chi connectivity index (χ0v) is 19.4. The van der Waals surface area contributed by atoms with Crippen molar-refractivity contribution in [2.75, 3.05) is 6.54 Å². The lowest BCUT2D eigenvalue weighted by Gasteiger charge is -2.28. The van der Waals surface area contributed by atoms with E-state index in [1.807, 2.05) is 30.3 Å². The molecule has 1 aromatic carbocycles. The maximum absolute atomic E-state index is 13.1. The number of nitrogens with one attached hydrogen (secondary N) is 2. The van der Waals surface area contributed by atoms with Crippen LogP contribution >= 0.6 is 0 Å². The number of carbonyl (C=O) groups is 4. The number of cyclic esters (lactones) is 1. The second kappa shape index (κ2) is 11.1. The minimum absolute atomic E-state index is 0.0115. The minimum atomic E-state index is -0.909. The number of carbonyl (C=O) groups excluding carboxylic acids is 4. The lowest BCUT2D eigenvalue weighted by molar-refractivity contribution is -0.168. The van der Waals surface area contributed by atoms with Gasteiger partial charge in [0.2, 0.25) is 18.1 Å². The SMILES string of the molecule is C[C@H](NC(=O)c1ccccn1)C(=O)N1CCC[C@H]1C(=O)N[C@H]1CC(=O)OC1OCc1ccccc1. The highest BCUT2D eigenvalue weighted by Crippen LogP contribution is 2.22. The number of pyridine rings is 1. The predicted molar refractivity (Wildman–Crippen MR) is 124 cm³/mol. The van der Waals surface area contributed by atoms with E-state index in [0.717, 1.165) is 5.56 Å². The highest BCUT2D eigenvalue weighted by Gasteiger charge is 2.41. The molecule has 4 rings (SSSR count). The quantitative estimate of drug-likeness (QED) is 0.543. The second-order valence-corrected chi connectivity index (χ2v) is 8.57. The summed E-state index contributed by atoms with van der Waals surface area (Å²) in [6.45, 7) is 2.20. The van der Waals surface area contributed by atoms with Gasteiger partial charge in [-0.1, -0.05) is 36.4 Å². The van der Waals surface area contributed by atoms with Crippen molar-refractivity contribution in [2.45, 2.75) is 57.2 Å². The zero-order valence-electron chi connectivity index (χ0n) is 19.4. The highest BCUT2D eigenvalue weighted by molar-refractivity contribution is 5.97. The molecular weight excluding hydrogens is 452 g/mol. The third-order valence-electron chi connectivity index (χ3n) is 6.00. The first kappa shape index (κ1) is 24.3. The van der Waals surface area contributed by atoms with Crippen molar-refractivity contribution in [1.29, 1.82) is 0 Å². The summed E-state index contributed by atoms with van der Waals surface area (Å²) in [4.78, 5) is 55.8. The average Bonchev–Trinajstić information content (AvgIpc) is 3.50. The molecule has 2 fully saturated rings. The number of ether oxygens (including phenoxy) is 2. The molecule has 2 aliphatic heterocycles. The van der Waals surface area contributed by atoms with Crippen LogP contribution in [0.2, 0.25) is 0 Å². The van der Waals surface area contributed by atoms with Crippen LogP contribution < -0.4 is 10.6 Å². The van der Waals surface area contributed by atoms with Gasteiger partial charge in [0, 0.05) is 12.7 Å². The van der Waals surface area contributed by atoms with E-state index in [9.17, 15) is 19.2 Å². The third-order valence-corrected chi connectivity index (χ3v) is 6.00. The molecule has 0 bridgehead atoms. The van der Waals surface area contributed by atoms with Crippen molar-refractivity contribution in [2.24, 2.45) is 0 Å². The van der Waals surface area contributed by atoms with Crippen molar-refractivity contribution >= 4 is 23.7 Å². The normalized spacial score (nSPS) is 22.4. The Morgan fingerprint density at radius 3 is 2.69 bits per heavy atom. The monoisotopic (exact) mass is 480 g/mol. The van der Waals surface area contributed by atoms with Crippen molar-refractivity contribution < 1.29 is 28.7 Å². The summed E-state index contributed by atoms with van der Waals surface area (Å²) in [5.41, 5.74) is 1.12. The van der Waals surface area contributed by atoms with E-state index in [0.29, 0.717) is 19.4 Å². The van der Waals surface area contributed by atoms with E-state index in [1.54, 1.807) is 25.1 Å². The van der Waals surface area contributed by atoms with E-state index in [2.05, 4.69) is 15.6 Å². The van der Waals surface area contributed by atoms with Crippen LogP contribution in [0.3, 0.4) is 0 Å². The van der Waals surface area contributed by atoms with Gasteiger partial charge in [0.1, 0.15) is 23.8 Å². The van der Waals surface area contributed by atoms with Crippen LogP contribution in [0, 0.1) is 0 Å². The van der Waals surface area contributed by atoms with Crippen LogP contribution in [0.15, 0.2) is 54.7 Å². The molecule has 2 aromatic rings. The summed E-state index contributed by atoms with van der Waals surface area (Å²) in [6.07, 6.45) is 1.71. The molecule has 2 saturated heterocycles. The molecule has 1 unspecified atom stereocenters. The molecule has 2 N–H and O–H groups in total. The van der Waals surface area contributed by atoms with Crippen LogP contribution in [0.1, 0.15) is 42.2 Å². The van der Waals surface area contributed by atoms with Crippen LogP contribution in [0.25, 0.3) is 0 Å². The van der Waals surface area contributed by atoms with Gasteiger partial charge in [-0.05, 0) is 37.5 Å². The first-order chi connectivity index (χ1) is 16.9. The van der Waals surface area contributed by atoms with Crippen LogP contribution in [0.4, 0.5) is 0 Å². The molecule has 3 amide bonds. The molecule has 184 valence electrons. The van der Waals surface area contributed by atoms with E-state index in [1.165, 1.54) is 11.1 Å². The molecule has 0 saturated carbocycles. The van der Waals surface area contributed by atoms with Crippen molar-refractivity contribution in [3.8, 4) is 0 Å². The molecule has 35 heavy (non-hydrogen) atoms. The highest BCUT2D eigenvalue weighted by atomic mass is 16.7. The maximum atomic E-state index is 13.1. The second-order valence-electron chi connectivity index (χ2n) is 8.57. The van der Waals surface area contributed by atoms with Gasteiger partial charge in [-0.3, -0.25) is 24.2 Å². The van der Waals surface area contributed by atoms with Gasteiger partial charge in [-0.2, -0.15) is 0 Å². The number of esters is 1. The molecule has 1 aromatic heterocycles. The Bertz CT molecular complexity index is 1060. The smallest absolute Gasteiger partial charge is 0.310 e. The molecule has 0 radical (unpaired) electrons. The number of likely N-dealkylation sites (tertiary alicyclic amines) is 1. The van der Waals surface area contributed by atoms with Gasteiger partial charge in [0.05, 0.1) is 13.0 Å². The van der Waals surface area contributed by atoms with Gasteiger partial charge in [-0.25, -0.2) is 0 Å². The van der Waals surface area contributed by atoms with E-state index in [4.69, 9.17) is 9.47 Å². The Morgan fingerprint density at radius 2 is 1.94 bits per heavy atom. The number of aromatic nitrogens is 1. The summed E-state index contributed by atoms with van der Waals surface area (Å²) < 4.78 is 11.0. The van der Waals surface area contributed by atoms with Crippen LogP contribution in [-0.2, 0) is 30.5 Å². The number of hydrogen-bond donors (Lipinski definition) is 2. The summed E-state index contributed by atoms with van der Waals surface area (Å²) in [7, 11) is 0. The molecule has 4 atom stereocenters. The molecule has 10 heteroatoms. The van der Waals surface area contributed by atoms with Gasteiger partial charge < -0.3 is 25.0 Å². The summed E-state index contributed by atoms with van der Waals surface area (Å²) in [6, 6.07) is 12.2. The fraction of sp³-hybridized carbons (Fsp3) is 0.400. The van der Waals surface area contributed by atoms with E-state index < -0.39 is 36.3 Å². The number of hydrogen-bond acceptors (Lipinski definition) is 7. The van der Waals surface area contributed by atoms with Crippen molar-refractivity contribution in [3.63, 3.8) is 0 Å². The van der Waals surface area contributed by atoms with Gasteiger partial charge in [-0.15, -0.1) is 0 Å². The van der Waals surface area contributed by atoms with E-state index in [-0.39, 0.29) is 30.5 Å². The zero-order chi connectivity index (χ0) is 24.8. The minimum Gasteiger partial charge on any atom is -0.433 e. The third kappa shape index (κ3) is 6.02. The lowest BCUT2D eigenvalue weighted by Crippen LogP contribution is -2.54. The Kier molecular flexibility index (Phi) is 7.71. The number of nitrogens with zero attached hydrogens (tertiary/aromatic N) is 2. The molecule has 0 aliphatic carbocycles. The number of rotatable bonds is 8. The summed E-state index contributed by atoms with van der Waals surface area (Å²) >= 11 is 0. The summed E-state index contributed by atoms with van der Waals surface area (Å²) in [5, 5.41) is 5.47. The van der Waals surface area contributed by atoms with Crippen molar-refractivity contribution in [3.05, 3.63) is 66.0 Å². The molecule has 0 spiro atoms. The number of benzene rings is 1. The Morgan fingerprint density at radius 1 is 1.17 bits per heavy atom. The fourth-order valence-corrected chi connectivity index (χ4v) is 4.22. The van der Waals surface area contributed by atoms with Gasteiger partial charge in [0.15, 0.2) is 0 Å².